The van der Waals surface area contributed by atoms with Crippen molar-refractivity contribution in [3.63, 3.8) is 0 Å². The summed E-state index contributed by atoms with van der Waals surface area (Å²) in [5.41, 5.74) is 0.696. The predicted molar refractivity (Wildman–Crippen MR) is 94.6 cm³/mol. The molecule has 3 rings (SSSR count). The normalized spacial score (nSPS) is 28.5. The van der Waals surface area contributed by atoms with E-state index in [0.717, 1.165) is 38.1 Å². The molecule has 7 heteroatoms. The van der Waals surface area contributed by atoms with Crippen molar-refractivity contribution in [1.29, 1.82) is 0 Å². The molecule has 3 heterocycles. The smallest absolute Gasteiger partial charge is 0.224 e. The summed E-state index contributed by atoms with van der Waals surface area (Å²) < 4.78 is 12.2. The van der Waals surface area contributed by atoms with Gasteiger partial charge < -0.3 is 14.8 Å². The van der Waals surface area contributed by atoms with Crippen molar-refractivity contribution in [1.82, 2.24) is 14.9 Å². The molecule has 1 spiro atoms. The van der Waals surface area contributed by atoms with Crippen LogP contribution in [0, 0.1) is 6.92 Å². The molecule has 2 aliphatic rings. The van der Waals surface area contributed by atoms with Gasteiger partial charge in [0, 0.05) is 37.4 Å². The molecule has 0 saturated carbocycles. The standard InChI is InChI=1S/C17H27ClN4O2/c1-12(2)22-6-7-23-11-17(10-22)5-4-14(24-17)9-20-16-19-8-13(3)15(18)21-16/h8,12,14H,4-7,9-11H2,1-3H3,(H,19,20,21)/t14-,17-/m1/s1. The van der Waals surface area contributed by atoms with E-state index in [0.29, 0.717) is 30.3 Å². The Kier molecular flexibility index (Phi) is 5.59. The minimum Gasteiger partial charge on any atom is -0.377 e. The van der Waals surface area contributed by atoms with Crippen LogP contribution in [0.2, 0.25) is 5.15 Å². The predicted octanol–water partition coefficient (Wildman–Crippen LogP) is 2.51. The van der Waals surface area contributed by atoms with Crippen LogP contribution < -0.4 is 5.32 Å². The van der Waals surface area contributed by atoms with Crippen molar-refractivity contribution in [3.05, 3.63) is 16.9 Å². The van der Waals surface area contributed by atoms with Gasteiger partial charge in [-0.2, -0.15) is 0 Å². The molecule has 0 aliphatic carbocycles. The summed E-state index contributed by atoms with van der Waals surface area (Å²) in [4.78, 5) is 11.0. The first-order valence-corrected chi connectivity index (χ1v) is 9.08. The maximum absolute atomic E-state index is 6.41. The molecular weight excluding hydrogens is 328 g/mol. The quantitative estimate of drug-likeness (QED) is 0.838. The lowest BCUT2D eigenvalue weighted by molar-refractivity contribution is -0.0839. The zero-order valence-corrected chi connectivity index (χ0v) is 15.5. The van der Waals surface area contributed by atoms with Crippen LogP contribution in [0.25, 0.3) is 0 Å². The Hall–Kier alpha value is -0.950. The molecular formula is C17H27ClN4O2. The first-order chi connectivity index (χ1) is 11.5. The van der Waals surface area contributed by atoms with Crippen molar-refractivity contribution >= 4 is 17.5 Å². The van der Waals surface area contributed by atoms with Gasteiger partial charge in [0.2, 0.25) is 5.95 Å². The van der Waals surface area contributed by atoms with Crippen molar-refractivity contribution in [2.24, 2.45) is 0 Å². The highest BCUT2D eigenvalue weighted by Crippen LogP contribution is 2.33. The fourth-order valence-corrected chi connectivity index (χ4v) is 3.48. The van der Waals surface area contributed by atoms with Crippen LogP contribution in [-0.4, -0.2) is 65.5 Å². The molecule has 134 valence electrons. The Morgan fingerprint density at radius 1 is 1.50 bits per heavy atom. The summed E-state index contributed by atoms with van der Waals surface area (Å²) in [6.45, 7) is 10.4. The van der Waals surface area contributed by atoms with Gasteiger partial charge in [0.05, 0.1) is 19.3 Å². The summed E-state index contributed by atoms with van der Waals surface area (Å²) in [7, 11) is 0. The average molecular weight is 355 g/mol. The molecule has 0 radical (unpaired) electrons. The minimum atomic E-state index is -0.182. The van der Waals surface area contributed by atoms with Gasteiger partial charge in [-0.1, -0.05) is 11.6 Å². The maximum atomic E-state index is 6.41. The molecule has 2 saturated heterocycles. The molecule has 0 aromatic carbocycles. The Bertz CT molecular complexity index is 572. The van der Waals surface area contributed by atoms with E-state index in [2.05, 4.69) is 34.0 Å². The van der Waals surface area contributed by atoms with Crippen LogP contribution in [0.4, 0.5) is 5.95 Å². The van der Waals surface area contributed by atoms with E-state index in [4.69, 9.17) is 21.1 Å². The van der Waals surface area contributed by atoms with Gasteiger partial charge in [-0.3, -0.25) is 4.90 Å². The van der Waals surface area contributed by atoms with E-state index in [-0.39, 0.29) is 11.7 Å². The number of ether oxygens (including phenoxy) is 2. The number of nitrogens with zero attached hydrogens (tertiary/aromatic N) is 3. The van der Waals surface area contributed by atoms with E-state index >= 15 is 0 Å². The highest BCUT2D eigenvalue weighted by atomic mass is 35.5. The number of aryl methyl sites for hydroxylation is 1. The van der Waals surface area contributed by atoms with Gasteiger partial charge in [-0.05, 0) is 33.6 Å². The van der Waals surface area contributed by atoms with Crippen molar-refractivity contribution in [2.45, 2.75) is 51.4 Å². The third-order valence-corrected chi connectivity index (χ3v) is 5.23. The number of aromatic nitrogens is 2. The van der Waals surface area contributed by atoms with Crippen LogP contribution in [0.5, 0.6) is 0 Å². The lowest BCUT2D eigenvalue weighted by Gasteiger charge is -2.34. The fraction of sp³-hybridized carbons (Fsp3) is 0.765. The lowest BCUT2D eigenvalue weighted by atomic mass is 9.99. The molecule has 6 nitrogen and oxygen atoms in total. The summed E-state index contributed by atoms with van der Waals surface area (Å²) in [6.07, 6.45) is 3.92. The molecule has 1 aromatic heterocycles. The number of halogens is 1. The summed E-state index contributed by atoms with van der Waals surface area (Å²) in [5, 5.41) is 3.73. The van der Waals surface area contributed by atoms with E-state index in [1.165, 1.54) is 0 Å². The van der Waals surface area contributed by atoms with Crippen LogP contribution in [0.3, 0.4) is 0 Å². The van der Waals surface area contributed by atoms with Crippen LogP contribution in [0.1, 0.15) is 32.3 Å². The topological polar surface area (TPSA) is 59.5 Å². The Labute approximate surface area is 148 Å². The third-order valence-electron chi connectivity index (χ3n) is 4.85. The van der Waals surface area contributed by atoms with Gasteiger partial charge in [-0.25, -0.2) is 9.97 Å². The van der Waals surface area contributed by atoms with E-state index < -0.39 is 0 Å². The zero-order chi connectivity index (χ0) is 17.2. The molecule has 0 unspecified atom stereocenters. The number of anilines is 1. The van der Waals surface area contributed by atoms with Crippen molar-refractivity contribution in [3.8, 4) is 0 Å². The molecule has 1 aromatic rings. The highest BCUT2D eigenvalue weighted by molar-refractivity contribution is 6.30. The maximum Gasteiger partial charge on any atom is 0.224 e. The monoisotopic (exact) mass is 354 g/mol. The van der Waals surface area contributed by atoms with Crippen LogP contribution in [-0.2, 0) is 9.47 Å². The molecule has 1 N–H and O–H groups in total. The number of hydrogen-bond donors (Lipinski definition) is 1. The molecule has 2 aliphatic heterocycles. The molecule has 0 bridgehead atoms. The molecule has 2 fully saturated rings. The van der Waals surface area contributed by atoms with E-state index in [1.54, 1.807) is 6.20 Å². The largest absolute Gasteiger partial charge is 0.377 e. The number of rotatable bonds is 4. The van der Waals surface area contributed by atoms with E-state index in [9.17, 15) is 0 Å². The SMILES string of the molecule is Cc1cnc(NC[C@H]2CC[C@@]3(COCCN(C(C)C)C3)O2)nc1Cl. The average Bonchev–Trinajstić information content (AvgIpc) is 2.81. The molecule has 0 amide bonds. The Morgan fingerprint density at radius 2 is 2.33 bits per heavy atom. The first kappa shape index (κ1) is 17.9. The van der Waals surface area contributed by atoms with Gasteiger partial charge in [0.15, 0.2) is 0 Å². The number of hydrogen-bond acceptors (Lipinski definition) is 6. The zero-order valence-electron chi connectivity index (χ0n) is 14.7. The third kappa shape index (κ3) is 4.17. The number of nitrogens with one attached hydrogen (secondary N) is 1. The van der Waals surface area contributed by atoms with Crippen molar-refractivity contribution < 1.29 is 9.47 Å². The highest BCUT2D eigenvalue weighted by Gasteiger charge is 2.43. The van der Waals surface area contributed by atoms with E-state index in [1.807, 2.05) is 6.92 Å². The summed E-state index contributed by atoms with van der Waals surface area (Å²) in [6, 6.07) is 0.507. The van der Waals surface area contributed by atoms with Crippen molar-refractivity contribution in [2.75, 3.05) is 38.2 Å². The summed E-state index contributed by atoms with van der Waals surface area (Å²) in [5.74, 6) is 0.552. The fourth-order valence-electron chi connectivity index (χ4n) is 3.35. The second-order valence-corrected chi connectivity index (χ2v) is 7.48. The minimum absolute atomic E-state index is 0.143. The van der Waals surface area contributed by atoms with Gasteiger partial charge in [0.25, 0.3) is 0 Å². The second kappa shape index (κ2) is 7.52. The van der Waals surface area contributed by atoms with Crippen LogP contribution in [0.15, 0.2) is 6.20 Å². The second-order valence-electron chi connectivity index (χ2n) is 7.13. The lowest BCUT2D eigenvalue weighted by Crippen LogP contribution is -2.47. The van der Waals surface area contributed by atoms with Gasteiger partial charge in [-0.15, -0.1) is 0 Å². The molecule has 24 heavy (non-hydrogen) atoms. The first-order valence-electron chi connectivity index (χ1n) is 8.70. The Balaban J connectivity index is 1.57. The Morgan fingerprint density at radius 3 is 3.08 bits per heavy atom. The van der Waals surface area contributed by atoms with Gasteiger partial charge in [0.1, 0.15) is 10.8 Å². The van der Waals surface area contributed by atoms with Gasteiger partial charge >= 0.3 is 0 Å². The molecule has 2 atom stereocenters. The summed E-state index contributed by atoms with van der Waals surface area (Å²) >= 11 is 6.05. The van der Waals surface area contributed by atoms with Crippen LogP contribution >= 0.6 is 11.6 Å².